The van der Waals surface area contributed by atoms with Gasteiger partial charge in [-0.3, -0.25) is 0 Å². The smallest absolute Gasteiger partial charge is 0.356 e. The van der Waals surface area contributed by atoms with Crippen molar-refractivity contribution in [1.29, 1.82) is 0 Å². The van der Waals surface area contributed by atoms with Crippen LogP contribution >= 0.6 is 7.92 Å². The maximum atomic E-state index is 8.25. The molecule has 0 saturated carbocycles. The summed E-state index contributed by atoms with van der Waals surface area (Å²) in [4.78, 5) is 8.25. The first-order valence-electron chi connectivity index (χ1n) is 8.21. The van der Waals surface area contributed by atoms with Crippen LogP contribution in [0.5, 0.6) is 0 Å². The van der Waals surface area contributed by atoms with Crippen LogP contribution in [-0.2, 0) is 17.1 Å². The Morgan fingerprint density at radius 3 is 1.58 bits per heavy atom. The minimum atomic E-state index is -1.75. The van der Waals surface area contributed by atoms with Crippen molar-refractivity contribution in [3.63, 3.8) is 0 Å². The Labute approximate surface area is 168 Å². The van der Waals surface area contributed by atoms with Gasteiger partial charge in [0, 0.05) is 0 Å². The monoisotopic (exact) mass is 423 g/mol. The standard InChI is InChI=1S/C20H27P.Cu.NO3/c1-19(2,3)21(20(4,5)6)18-15-11-10-14-17(18)16-12-8-7-9-13-16;;2-1(3)4/h7-15H,1-6H3;;/q;+1;-1. The van der Waals surface area contributed by atoms with E-state index >= 15 is 0 Å². The third-order valence-electron chi connectivity index (χ3n) is 3.57. The van der Waals surface area contributed by atoms with E-state index in [0.29, 0.717) is 10.3 Å². The van der Waals surface area contributed by atoms with E-state index in [4.69, 9.17) is 15.3 Å². The van der Waals surface area contributed by atoms with Crippen molar-refractivity contribution in [2.24, 2.45) is 0 Å². The Kier molecular flexibility index (Phi) is 9.52. The molecule has 0 radical (unpaired) electrons. The molecule has 0 aliphatic carbocycles. The van der Waals surface area contributed by atoms with Crippen molar-refractivity contribution in [3.8, 4) is 11.1 Å². The van der Waals surface area contributed by atoms with Crippen molar-refractivity contribution in [2.45, 2.75) is 51.9 Å². The largest absolute Gasteiger partial charge is 1.00 e. The van der Waals surface area contributed by atoms with Gasteiger partial charge in [-0.25, -0.2) is 0 Å². The Balaban J connectivity index is 0.00000113. The summed E-state index contributed by atoms with van der Waals surface area (Å²) in [5, 5.41) is 16.9. The van der Waals surface area contributed by atoms with Gasteiger partial charge in [-0.05, 0) is 26.7 Å². The molecule has 0 saturated heterocycles. The molecule has 0 aromatic heterocycles. The van der Waals surface area contributed by atoms with E-state index in [-0.39, 0.29) is 25.0 Å². The quantitative estimate of drug-likeness (QED) is 0.264. The summed E-state index contributed by atoms with van der Waals surface area (Å²) >= 11 is 0. The molecule has 2 aromatic carbocycles. The van der Waals surface area contributed by atoms with Crippen LogP contribution in [-0.4, -0.2) is 15.4 Å². The van der Waals surface area contributed by atoms with E-state index in [1.807, 2.05) is 0 Å². The third kappa shape index (κ3) is 7.45. The summed E-state index contributed by atoms with van der Waals surface area (Å²) in [6.07, 6.45) is 0. The van der Waals surface area contributed by atoms with Gasteiger partial charge in [0.2, 0.25) is 0 Å². The summed E-state index contributed by atoms with van der Waals surface area (Å²) < 4.78 is 0. The average molecular weight is 424 g/mol. The molecule has 0 aliphatic rings. The Morgan fingerprint density at radius 1 is 0.769 bits per heavy atom. The van der Waals surface area contributed by atoms with Gasteiger partial charge >= 0.3 is 17.1 Å². The van der Waals surface area contributed by atoms with Crippen LogP contribution in [0.1, 0.15) is 41.5 Å². The molecule has 0 heterocycles. The first-order chi connectivity index (χ1) is 11.4. The third-order valence-corrected chi connectivity index (χ3v) is 7.13. The van der Waals surface area contributed by atoms with Crippen LogP contribution in [0.2, 0.25) is 0 Å². The van der Waals surface area contributed by atoms with Crippen molar-refractivity contribution in [2.75, 3.05) is 0 Å². The number of hydrogen-bond donors (Lipinski definition) is 0. The minimum absolute atomic E-state index is 0. The van der Waals surface area contributed by atoms with E-state index in [9.17, 15) is 0 Å². The van der Waals surface area contributed by atoms with Crippen LogP contribution in [0.15, 0.2) is 54.6 Å². The van der Waals surface area contributed by atoms with Crippen LogP contribution in [0.4, 0.5) is 0 Å². The predicted molar refractivity (Wildman–Crippen MR) is 108 cm³/mol. The Morgan fingerprint density at radius 2 is 1.15 bits per heavy atom. The van der Waals surface area contributed by atoms with Gasteiger partial charge in [0.1, 0.15) is 0 Å². The second-order valence-corrected chi connectivity index (χ2v) is 11.6. The zero-order chi connectivity index (χ0) is 19.3. The number of nitrogens with zero attached hydrogens (tertiary/aromatic N) is 1. The fourth-order valence-corrected chi connectivity index (χ4v) is 7.40. The van der Waals surface area contributed by atoms with Gasteiger partial charge in [0.15, 0.2) is 0 Å². The van der Waals surface area contributed by atoms with E-state index < -0.39 is 5.09 Å². The second-order valence-electron chi connectivity index (χ2n) is 7.78. The first kappa shape index (κ1) is 24.6. The Bertz CT molecular complexity index is 676. The molecule has 146 valence electrons. The van der Waals surface area contributed by atoms with Gasteiger partial charge in [0.25, 0.3) is 0 Å². The molecule has 0 bridgehead atoms. The summed E-state index contributed by atoms with van der Waals surface area (Å²) in [5.41, 5.74) is 2.73. The van der Waals surface area contributed by atoms with Crippen LogP contribution < -0.4 is 5.30 Å². The van der Waals surface area contributed by atoms with Crippen LogP contribution in [0.25, 0.3) is 11.1 Å². The van der Waals surface area contributed by atoms with E-state index in [1.54, 1.807) is 0 Å². The van der Waals surface area contributed by atoms with Crippen molar-refractivity contribution < 1.29 is 22.2 Å². The number of benzene rings is 2. The number of rotatable bonds is 2. The molecule has 0 N–H and O–H groups in total. The van der Waals surface area contributed by atoms with Crippen molar-refractivity contribution in [1.82, 2.24) is 0 Å². The summed E-state index contributed by atoms with van der Waals surface area (Å²) in [5.74, 6) is 0. The molecule has 6 heteroatoms. The summed E-state index contributed by atoms with van der Waals surface area (Å²) in [6, 6.07) is 19.7. The van der Waals surface area contributed by atoms with Gasteiger partial charge in [-0.15, -0.1) is 0 Å². The normalized spacial score (nSPS) is 11.2. The first-order valence-corrected chi connectivity index (χ1v) is 9.55. The second kappa shape index (κ2) is 10.1. The van der Waals surface area contributed by atoms with Gasteiger partial charge in [-0.1, -0.05) is 104 Å². The molecule has 0 spiro atoms. The molecule has 0 aliphatic heterocycles. The Hall–Kier alpha value is -1.41. The molecule has 0 fully saturated rings. The van der Waals surface area contributed by atoms with Crippen LogP contribution in [0, 0.1) is 15.3 Å². The van der Waals surface area contributed by atoms with E-state index in [0.717, 1.165) is 0 Å². The zero-order valence-corrected chi connectivity index (χ0v) is 18.0. The maximum absolute atomic E-state index is 8.25. The van der Waals surface area contributed by atoms with Gasteiger partial charge in [0.05, 0.1) is 5.09 Å². The zero-order valence-electron chi connectivity index (χ0n) is 16.1. The van der Waals surface area contributed by atoms with Gasteiger partial charge in [-0.2, -0.15) is 0 Å². The van der Waals surface area contributed by atoms with Crippen LogP contribution in [0.3, 0.4) is 0 Å². The molecule has 2 aromatic rings. The molecule has 0 unspecified atom stereocenters. The maximum Gasteiger partial charge on any atom is 1.00 e. The molecule has 2 rings (SSSR count). The molecule has 0 atom stereocenters. The summed E-state index contributed by atoms with van der Waals surface area (Å²) in [6.45, 7) is 14.3. The van der Waals surface area contributed by atoms with Crippen molar-refractivity contribution >= 4 is 13.2 Å². The minimum Gasteiger partial charge on any atom is -0.356 e. The topological polar surface area (TPSA) is 66.2 Å². The van der Waals surface area contributed by atoms with Gasteiger partial charge < -0.3 is 15.3 Å². The predicted octanol–water partition coefficient (Wildman–Crippen LogP) is 5.82. The van der Waals surface area contributed by atoms with E-state index in [1.165, 1.54) is 16.4 Å². The van der Waals surface area contributed by atoms with Crippen molar-refractivity contribution in [3.05, 3.63) is 69.9 Å². The summed E-state index contributed by atoms with van der Waals surface area (Å²) in [7, 11) is -0.282. The molecular weight excluding hydrogens is 397 g/mol. The fourth-order valence-electron chi connectivity index (χ4n) is 3.26. The fraction of sp³-hybridized carbons (Fsp3) is 0.400. The average Bonchev–Trinajstić information content (AvgIpc) is 2.45. The number of hydrogen-bond acceptors (Lipinski definition) is 3. The van der Waals surface area contributed by atoms with E-state index in [2.05, 4.69) is 96.1 Å². The SMILES string of the molecule is CC(C)(C)P(c1ccccc1-c1ccccc1)C(C)(C)C.O=[N+]([O-])[O-].[Cu+]. The molecule has 4 nitrogen and oxygen atoms in total. The molecular formula is C20H27CuNO3P. The molecule has 26 heavy (non-hydrogen) atoms. The molecule has 0 amide bonds.